The van der Waals surface area contributed by atoms with Crippen LogP contribution >= 0.6 is 0 Å². The van der Waals surface area contributed by atoms with Crippen molar-refractivity contribution in [3.05, 3.63) is 107 Å². The van der Waals surface area contributed by atoms with Crippen LogP contribution in [0.1, 0.15) is 52.7 Å². The molecule has 3 aliphatic heterocycles. The summed E-state index contributed by atoms with van der Waals surface area (Å²) in [5.41, 5.74) is 1.14. The number of fused-ring (bicyclic) bond motifs is 2. The number of benzene rings is 1. The number of carbonyl (C=O) groups excluding carboxylic acids is 3. The molecule has 3 saturated heterocycles. The summed E-state index contributed by atoms with van der Waals surface area (Å²) in [5, 5.41) is 9.17. The highest BCUT2D eigenvalue weighted by Crippen LogP contribution is 2.47. The Kier molecular flexibility index (Phi) is 6.83. The number of carbonyl (C=O) groups is 3. The van der Waals surface area contributed by atoms with Gasteiger partial charge in [0.05, 0.1) is 11.6 Å². The van der Waals surface area contributed by atoms with E-state index in [9.17, 15) is 19.6 Å². The van der Waals surface area contributed by atoms with Crippen molar-refractivity contribution in [2.45, 2.75) is 43.3 Å². The molecule has 3 fully saturated rings. The van der Waals surface area contributed by atoms with Crippen LogP contribution in [0.3, 0.4) is 0 Å². The molecule has 3 aromatic rings. The molecule has 0 N–H and O–H groups in total. The molecular weight excluding hydrogens is 516 g/mol. The van der Waals surface area contributed by atoms with Gasteiger partial charge in [-0.05, 0) is 91.3 Å². The molecule has 0 radical (unpaired) electrons. The van der Waals surface area contributed by atoms with Crippen molar-refractivity contribution in [1.29, 1.82) is 5.26 Å². The lowest BCUT2D eigenvalue weighted by molar-refractivity contribution is -0.133. The molecule has 0 spiro atoms. The molecule has 0 aliphatic carbocycles. The minimum absolute atomic E-state index is 0.151. The molecule has 1 aromatic carbocycles. The number of ketones is 1. The summed E-state index contributed by atoms with van der Waals surface area (Å²) >= 11 is 0. The quantitative estimate of drug-likeness (QED) is 0.253. The van der Waals surface area contributed by atoms with Crippen molar-refractivity contribution in [2.24, 2.45) is 5.92 Å². The summed E-state index contributed by atoms with van der Waals surface area (Å²) in [5.74, 6) is 0.273. The Morgan fingerprint density at radius 3 is 2.05 bits per heavy atom. The third kappa shape index (κ3) is 4.36. The zero-order valence-electron chi connectivity index (χ0n) is 22.8. The first-order valence-corrected chi connectivity index (χ1v) is 13.8. The summed E-state index contributed by atoms with van der Waals surface area (Å²) < 4.78 is 0. The van der Waals surface area contributed by atoms with Crippen LogP contribution < -0.4 is 0 Å². The van der Waals surface area contributed by atoms with Gasteiger partial charge in [-0.2, -0.15) is 5.26 Å². The van der Waals surface area contributed by atoms with Crippen molar-refractivity contribution in [1.82, 2.24) is 24.7 Å². The molecule has 3 aliphatic rings. The van der Waals surface area contributed by atoms with Gasteiger partial charge in [-0.15, -0.1) is 0 Å². The lowest BCUT2D eigenvalue weighted by Crippen LogP contribution is -2.47. The molecule has 2 unspecified atom stereocenters. The van der Waals surface area contributed by atoms with Gasteiger partial charge < -0.3 is 9.80 Å². The van der Waals surface area contributed by atoms with Gasteiger partial charge >= 0.3 is 0 Å². The smallest absolute Gasteiger partial charge is 0.263 e. The molecular formula is C32H30N6O3. The van der Waals surface area contributed by atoms with Crippen LogP contribution in [-0.4, -0.2) is 68.4 Å². The van der Waals surface area contributed by atoms with Gasteiger partial charge in [0.2, 0.25) is 6.41 Å². The Balaban J connectivity index is 1.45. The number of nitrogens with zero attached hydrogens (tertiary/aromatic N) is 6. The lowest BCUT2D eigenvalue weighted by atomic mass is 9.82. The first-order valence-electron chi connectivity index (χ1n) is 13.8. The van der Waals surface area contributed by atoms with Crippen LogP contribution in [0.4, 0.5) is 0 Å². The standard InChI is InChI=1S/C32H30N6O3/c1-36-30(18-29(40)24-4-2-22(19-33)3-5-24)37(20-23-16-27-6-7-28(17-23)38(27)21-39)31(41)32(36,25-8-12-34-13-9-25)26-10-14-35-15-11-26/h2-5,8-15,18,21,23,27-28H,6-7,16-17,20H2,1H3. The maximum atomic E-state index is 14.8. The number of pyridine rings is 2. The van der Waals surface area contributed by atoms with E-state index in [1.54, 1.807) is 54.0 Å². The van der Waals surface area contributed by atoms with Crippen LogP contribution in [0.15, 0.2) is 85.2 Å². The molecule has 41 heavy (non-hydrogen) atoms. The second kappa shape index (κ2) is 10.6. The van der Waals surface area contributed by atoms with Gasteiger partial charge in [-0.1, -0.05) is 0 Å². The average Bonchev–Trinajstić information content (AvgIpc) is 3.38. The van der Waals surface area contributed by atoms with E-state index < -0.39 is 5.54 Å². The number of nitriles is 1. The summed E-state index contributed by atoms with van der Waals surface area (Å²) in [6, 6.07) is 16.3. The first-order chi connectivity index (χ1) is 20.0. The van der Waals surface area contributed by atoms with E-state index in [1.807, 2.05) is 41.1 Å². The van der Waals surface area contributed by atoms with Crippen LogP contribution in [-0.2, 0) is 15.1 Å². The third-order valence-electron chi connectivity index (χ3n) is 8.88. The van der Waals surface area contributed by atoms with Gasteiger partial charge in [0, 0.05) is 62.1 Å². The predicted octanol–water partition coefficient (Wildman–Crippen LogP) is 3.49. The van der Waals surface area contributed by atoms with Crippen molar-refractivity contribution < 1.29 is 14.4 Å². The number of hydrogen-bond acceptors (Lipinski definition) is 7. The molecule has 0 saturated carbocycles. The molecule has 9 heteroatoms. The summed E-state index contributed by atoms with van der Waals surface area (Å²) in [6.07, 6.45) is 12.7. The van der Waals surface area contributed by atoms with Gasteiger partial charge in [0.1, 0.15) is 5.82 Å². The van der Waals surface area contributed by atoms with Crippen LogP contribution in [0.2, 0.25) is 0 Å². The topological polar surface area (TPSA) is 110 Å². The summed E-state index contributed by atoms with van der Waals surface area (Å²) in [7, 11) is 1.84. The largest absolute Gasteiger partial charge is 0.339 e. The van der Waals surface area contributed by atoms with Crippen molar-refractivity contribution in [3.8, 4) is 6.07 Å². The molecule has 206 valence electrons. The third-order valence-corrected chi connectivity index (χ3v) is 8.88. The van der Waals surface area contributed by atoms with Gasteiger partial charge in [0.25, 0.3) is 5.91 Å². The Morgan fingerprint density at radius 2 is 1.54 bits per heavy atom. The molecule has 5 heterocycles. The molecule has 2 atom stereocenters. The zero-order chi connectivity index (χ0) is 28.6. The maximum absolute atomic E-state index is 14.8. The minimum Gasteiger partial charge on any atom is -0.339 e. The molecule has 2 bridgehead atoms. The number of aromatic nitrogens is 2. The van der Waals surface area contributed by atoms with Crippen molar-refractivity contribution >= 4 is 18.1 Å². The Labute approximate surface area is 238 Å². The highest BCUT2D eigenvalue weighted by molar-refractivity contribution is 6.06. The zero-order valence-corrected chi connectivity index (χ0v) is 22.8. The number of allylic oxidation sites excluding steroid dienone is 1. The minimum atomic E-state index is -1.23. The SMILES string of the molecule is CN1C(=CC(=O)c2ccc(C#N)cc2)N(CC2CC3CCC(C2)N3C=O)C(=O)C1(c1ccncc1)c1ccncc1. The lowest BCUT2D eigenvalue weighted by Gasteiger charge is -2.38. The van der Waals surface area contributed by atoms with E-state index in [2.05, 4.69) is 16.0 Å². The second-order valence-electron chi connectivity index (χ2n) is 11.0. The molecule has 9 nitrogen and oxygen atoms in total. The van der Waals surface area contributed by atoms with Crippen LogP contribution in [0.5, 0.6) is 0 Å². The second-order valence-corrected chi connectivity index (χ2v) is 11.0. The van der Waals surface area contributed by atoms with Gasteiger partial charge in [-0.25, -0.2) is 0 Å². The number of likely N-dealkylation sites (N-methyl/N-ethyl adjacent to an activating group) is 1. The van der Waals surface area contributed by atoms with E-state index in [4.69, 9.17) is 0 Å². The highest BCUT2D eigenvalue weighted by atomic mass is 16.2. The number of rotatable bonds is 7. The molecule has 2 amide bonds. The molecule has 6 rings (SSSR count). The normalized spacial score (nSPS) is 24.0. The predicted molar refractivity (Wildman–Crippen MR) is 150 cm³/mol. The summed E-state index contributed by atoms with van der Waals surface area (Å²) in [4.78, 5) is 54.0. The van der Waals surface area contributed by atoms with Crippen molar-refractivity contribution in [3.63, 3.8) is 0 Å². The van der Waals surface area contributed by atoms with E-state index in [0.717, 1.165) is 43.2 Å². The van der Waals surface area contributed by atoms with E-state index in [-0.39, 0.29) is 29.7 Å². The van der Waals surface area contributed by atoms with Gasteiger partial charge in [-0.3, -0.25) is 29.3 Å². The van der Waals surface area contributed by atoms with Gasteiger partial charge in [0.15, 0.2) is 11.3 Å². The fourth-order valence-corrected chi connectivity index (χ4v) is 6.95. The summed E-state index contributed by atoms with van der Waals surface area (Å²) in [6.45, 7) is 0.438. The number of piperidine rings is 1. The van der Waals surface area contributed by atoms with E-state index in [0.29, 0.717) is 23.5 Å². The Bertz CT molecular complexity index is 1480. The van der Waals surface area contributed by atoms with E-state index in [1.165, 1.54) is 6.08 Å². The fourth-order valence-electron chi connectivity index (χ4n) is 6.95. The number of hydrogen-bond donors (Lipinski definition) is 0. The first kappa shape index (κ1) is 26.4. The van der Waals surface area contributed by atoms with E-state index >= 15 is 0 Å². The maximum Gasteiger partial charge on any atom is 0.263 e. The van der Waals surface area contributed by atoms with Crippen molar-refractivity contribution in [2.75, 3.05) is 13.6 Å². The van der Waals surface area contributed by atoms with Crippen LogP contribution in [0, 0.1) is 17.2 Å². The fraction of sp³-hybridized carbons (Fsp3) is 0.312. The van der Waals surface area contributed by atoms with Crippen LogP contribution in [0.25, 0.3) is 0 Å². The average molecular weight is 547 g/mol. The highest BCUT2D eigenvalue weighted by Gasteiger charge is 2.56. The molecule has 2 aromatic heterocycles. The monoisotopic (exact) mass is 546 g/mol. The Hall–Kier alpha value is -4.84. The number of amides is 2. The Morgan fingerprint density at radius 1 is 0.976 bits per heavy atom.